The Morgan fingerprint density at radius 1 is 1.12 bits per heavy atom. The lowest BCUT2D eigenvalue weighted by Gasteiger charge is -2.23. The molecule has 2 rings (SSSR count). The minimum atomic E-state index is -3.93. The average Bonchev–Trinajstić information content (AvgIpc) is 2.60. The molecule has 25 heavy (non-hydrogen) atoms. The van der Waals surface area contributed by atoms with E-state index in [4.69, 9.17) is 4.74 Å². The fraction of sp³-hybridized carbons (Fsp3) is 0.278. The summed E-state index contributed by atoms with van der Waals surface area (Å²) in [6.45, 7) is 3.78. The van der Waals surface area contributed by atoms with Gasteiger partial charge in [-0.25, -0.2) is 8.42 Å². The van der Waals surface area contributed by atoms with E-state index in [1.165, 1.54) is 19.2 Å². The molecule has 0 heterocycles. The Morgan fingerprint density at radius 2 is 1.80 bits per heavy atom. The van der Waals surface area contributed by atoms with Crippen molar-refractivity contribution in [3.63, 3.8) is 0 Å². The molecule has 0 aliphatic carbocycles. The van der Waals surface area contributed by atoms with Gasteiger partial charge in [0.2, 0.25) is 0 Å². The van der Waals surface area contributed by atoms with Crippen molar-refractivity contribution >= 4 is 21.7 Å². The van der Waals surface area contributed by atoms with Crippen LogP contribution in [-0.4, -0.2) is 34.6 Å². The van der Waals surface area contributed by atoms with Crippen LogP contribution >= 0.6 is 0 Å². The van der Waals surface area contributed by atoms with Crippen LogP contribution in [0.25, 0.3) is 0 Å². The number of nitrogens with zero attached hydrogens (tertiary/aromatic N) is 1. The first-order chi connectivity index (χ1) is 11.9. The third-order valence-corrected chi connectivity index (χ3v) is 5.30. The summed E-state index contributed by atoms with van der Waals surface area (Å²) < 4.78 is 37.1. The summed E-state index contributed by atoms with van der Waals surface area (Å²) in [7, 11) is -2.71. The Hall–Kier alpha value is -2.54. The van der Waals surface area contributed by atoms with Crippen LogP contribution in [0.2, 0.25) is 0 Å². The highest BCUT2D eigenvalue weighted by Crippen LogP contribution is 2.26. The predicted molar refractivity (Wildman–Crippen MR) is 95.3 cm³/mol. The number of esters is 1. The third kappa shape index (κ3) is 4.51. The van der Waals surface area contributed by atoms with Gasteiger partial charge in [-0.1, -0.05) is 12.1 Å². The van der Waals surface area contributed by atoms with Crippen LogP contribution in [0.15, 0.2) is 53.4 Å². The summed E-state index contributed by atoms with van der Waals surface area (Å²) in [4.78, 5) is 11.8. The van der Waals surface area contributed by atoms with Gasteiger partial charge in [0, 0.05) is 0 Å². The van der Waals surface area contributed by atoms with Crippen molar-refractivity contribution in [1.82, 2.24) is 0 Å². The number of hydrogen-bond donors (Lipinski definition) is 0. The zero-order chi connectivity index (χ0) is 18.4. The van der Waals surface area contributed by atoms with Gasteiger partial charge >= 0.3 is 5.97 Å². The van der Waals surface area contributed by atoms with Gasteiger partial charge in [0.05, 0.1) is 24.3 Å². The highest BCUT2D eigenvalue weighted by Gasteiger charge is 2.27. The van der Waals surface area contributed by atoms with Crippen molar-refractivity contribution in [2.75, 3.05) is 24.6 Å². The second-order valence-corrected chi connectivity index (χ2v) is 7.19. The molecule has 0 aliphatic heterocycles. The van der Waals surface area contributed by atoms with Crippen molar-refractivity contribution in [2.45, 2.75) is 18.7 Å². The second-order valence-electron chi connectivity index (χ2n) is 5.33. The summed E-state index contributed by atoms with van der Waals surface area (Å²) in [5, 5.41) is 0. The van der Waals surface area contributed by atoms with Crippen LogP contribution in [-0.2, 0) is 19.6 Å². The molecular weight excluding hydrogens is 342 g/mol. The van der Waals surface area contributed by atoms with Gasteiger partial charge in [0.15, 0.2) is 0 Å². The van der Waals surface area contributed by atoms with Crippen LogP contribution in [0.4, 0.5) is 5.69 Å². The second kappa shape index (κ2) is 8.02. The first-order valence-corrected chi connectivity index (χ1v) is 9.21. The van der Waals surface area contributed by atoms with Crippen LogP contribution in [0, 0.1) is 6.92 Å². The standard InChI is InChI=1S/C18H21NO5S/c1-4-24-16-8-10-17(11-9-16)25(21,22)19(13-18(20)23-3)15-7-5-6-14(2)12-15/h5-12H,4,13H2,1-3H3. The van der Waals surface area contributed by atoms with Crippen LogP contribution < -0.4 is 9.04 Å². The van der Waals surface area contributed by atoms with E-state index in [0.717, 1.165) is 9.87 Å². The smallest absolute Gasteiger partial charge is 0.326 e. The topological polar surface area (TPSA) is 72.9 Å². The zero-order valence-corrected chi connectivity index (χ0v) is 15.2. The van der Waals surface area contributed by atoms with E-state index in [0.29, 0.717) is 18.0 Å². The predicted octanol–water partition coefficient (Wildman–Crippen LogP) is 2.76. The molecular formula is C18H21NO5S. The van der Waals surface area contributed by atoms with Gasteiger partial charge in [0.1, 0.15) is 12.3 Å². The largest absolute Gasteiger partial charge is 0.494 e. The number of benzene rings is 2. The number of anilines is 1. The van der Waals surface area contributed by atoms with Gasteiger partial charge in [-0.15, -0.1) is 0 Å². The maximum absolute atomic E-state index is 13.0. The Labute approximate surface area is 148 Å². The molecule has 0 N–H and O–H groups in total. The number of carbonyl (C=O) groups excluding carboxylic acids is 1. The Kier molecular flexibility index (Phi) is 6.03. The van der Waals surface area contributed by atoms with E-state index in [1.807, 2.05) is 19.9 Å². The minimum absolute atomic E-state index is 0.0707. The van der Waals surface area contributed by atoms with Crippen molar-refractivity contribution in [2.24, 2.45) is 0 Å². The number of ether oxygens (including phenoxy) is 2. The van der Waals surface area contributed by atoms with E-state index in [-0.39, 0.29) is 4.90 Å². The van der Waals surface area contributed by atoms with Crippen molar-refractivity contribution in [1.29, 1.82) is 0 Å². The monoisotopic (exact) mass is 363 g/mol. The molecule has 0 atom stereocenters. The Balaban J connectivity index is 2.45. The minimum Gasteiger partial charge on any atom is -0.494 e. The molecule has 0 saturated heterocycles. The quantitative estimate of drug-likeness (QED) is 0.707. The van der Waals surface area contributed by atoms with Crippen LogP contribution in [0.1, 0.15) is 12.5 Å². The maximum Gasteiger partial charge on any atom is 0.326 e. The first kappa shape index (κ1) is 18.8. The molecule has 0 fully saturated rings. The van der Waals surface area contributed by atoms with Crippen molar-refractivity contribution < 1.29 is 22.7 Å². The Morgan fingerprint density at radius 3 is 2.36 bits per heavy atom. The lowest BCUT2D eigenvalue weighted by molar-refractivity contribution is -0.138. The molecule has 2 aromatic rings. The van der Waals surface area contributed by atoms with E-state index in [2.05, 4.69) is 4.74 Å². The normalized spacial score (nSPS) is 11.0. The molecule has 0 saturated carbocycles. The number of carbonyl (C=O) groups is 1. The van der Waals surface area contributed by atoms with Crippen molar-refractivity contribution in [3.8, 4) is 5.75 Å². The summed E-state index contributed by atoms with van der Waals surface area (Å²) in [5.74, 6) is -0.0625. The molecule has 0 spiro atoms. The summed E-state index contributed by atoms with van der Waals surface area (Å²) in [5.41, 5.74) is 1.29. The fourth-order valence-corrected chi connectivity index (χ4v) is 3.68. The third-order valence-electron chi connectivity index (χ3n) is 3.51. The van der Waals surface area contributed by atoms with E-state index in [1.54, 1.807) is 30.3 Å². The van der Waals surface area contributed by atoms with Gasteiger partial charge < -0.3 is 9.47 Å². The SMILES string of the molecule is CCOc1ccc(S(=O)(=O)N(CC(=O)OC)c2cccc(C)c2)cc1. The number of methoxy groups -OCH3 is 1. The fourth-order valence-electron chi connectivity index (χ4n) is 2.28. The van der Waals surface area contributed by atoms with E-state index in [9.17, 15) is 13.2 Å². The highest BCUT2D eigenvalue weighted by molar-refractivity contribution is 7.92. The summed E-state index contributed by atoms with van der Waals surface area (Å²) in [6, 6.07) is 13.0. The molecule has 0 radical (unpaired) electrons. The first-order valence-electron chi connectivity index (χ1n) is 7.77. The lowest BCUT2D eigenvalue weighted by Crippen LogP contribution is -2.36. The summed E-state index contributed by atoms with van der Waals surface area (Å²) >= 11 is 0. The Bertz CT molecular complexity index is 831. The lowest BCUT2D eigenvalue weighted by atomic mass is 10.2. The number of sulfonamides is 1. The molecule has 6 nitrogen and oxygen atoms in total. The number of rotatable bonds is 7. The van der Waals surface area contributed by atoms with E-state index < -0.39 is 22.5 Å². The zero-order valence-electron chi connectivity index (χ0n) is 14.4. The van der Waals surface area contributed by atoms with Crippen molar-refractivity contribution in [3.05, 3.63) is 54.1 Å². The summed E-state index contributed by atoms with van der Waals surface area (Å²) in [6.07, 6.45) is 0. The molecule has 2 aromatic carbocycles. The van der Waals surface area contributed by atoms with Gasteiger partial charge in [-0.2, -0.15) is 0 Å². The average molecular weight is 363 g/mol. The molecule has 134 valence electrons. The van der Waals surface area contributed by atoms with Gasteiger partial charge in [-0.05, 0) is 55.8 Å². The molecule has 0 bridgehead atoms. The van der Waals surface area contributed by atoms with Gasteiger partial charge in [0.25, 0.3) is 10.0 Å². The molecule has 0 aromatic heterocycles. The number of aryl methyl sites for hydroxylation is 1. The molecule has 7 heteroatoms. The molecule has 0 amide bonds. The van der Waals surface area contributed by atoms with Crippen LogP contribution in [0.5, 0.6) is 5.75 Å². The molecule has 0 aliphatic rings. The van der Waals surface area contributed by atoms with Gasteiger partial charge in [-0.3, -0.25) is 9.10 Å². The van der Waals surface area contributed by atoms with E-state index >= 15 is 0 Å². The number of hydrogen-bond acceptors (Lipinski definition) is 5. The highest BCUT2D eigenvalue weighted by atomic mass is 32.2. The van der Waals surface area contributed by atoms with Crippen LogP contribution in [0.3, 0.4) is 0 Å². The maximum atomic E-state index is 13.0. The molecule has 0 unspecified atom stereocenters.